The highest BCUT2D eigenvalue weighted by atomic mass is 79.9. The molecule has 7 nitrogen and oxygen atoms in total. The molecule has 0 spiro atoms. The van der Waals surface area contributed by atoms with Crippen LogP contribution in [0.2, 0.25) is 0 Å². The van der Waals surface area contributed by atoms with Crippen LogP contribution in [-0.2, 0) is 14.3 Å². The molecule has 0 saturated heterocycles. The number of hydrogen-bond acceptors (Lipinski definition) is 5. The van der Waals surface area contributed by atoms with E-state index in [1.807, 2.05) is 6.92 Å². The number of esters is 1. The molecule has 1 unspecified atom stereocenters. The third-order valence-corrected chi connectivity index (χ3v) is 4.98. The van der Waals surface area contributed by atoms with Crippen molar-refractivity contribution in [3.05, 3.63) is 27.7 Å². The maximum Gasteiger partial charge on any atom is 0.306 e. The molecule has 0 aliphatic carbocycles. The number of amides is 2. The fourth-order valence-corrected chi connectivity index (χ4v) is 3.82. The summed E-state index contributed by atoms with van der Waals surface area (Å²) in [7, 11) is 1.52. The number of fused-ring (bicyclic) bond motifs is 1. The Balaban J connectivity index is 2.27. The summed E-state index contributed by atoms with van der Waals surface area (Å²) in [5.74, 6) is -0.863. The van der Waals surface area contributed by atoms with Crippen LogP contribution in [0.25, 0.3) is 0 Å². The lowest BCUT2D eigenvalue weighted by atomic mass is 10.0. The van der Waals surface area contributed by atoms with Crippen molar-refractivity contribution in [2.45, 2.75) is 58.2 Å². The fraction of sp³-hybridized carbons (Fsp3) is 0.526. The van der Waals surface area contributed by atoms with Crippen LogP contribution in [0.15, 0.2) is 16.6 Å². The van der Waals surface area contributed by atoms with Gasteiger partial charge in [0.1, 0.15) is 17.4 Å². The number of nitrogens with zero attached hydrogens (tertiary/aromatic N) is 1. The Labute approximate surface area is 167 Å². The van der Waals surface area contributed by atoms with Gasteiger partial charge in [-0.2, -0.15) is 0 Å². The van der Waals surface area contributed by atoms with Gasteiger partial charge in [-0.25, -0.2) is 0 Å². The molecule has 2 N–H and O–H groups in total. The zero-order chi connectivity index (χ0) is 20.5. The van der Waals surface area contributed by atoms with E-state index in [1.165, 1.54) is 12.0 Å². The molecule has 1 aromatic carbocycles. The molecule has 0 aromatic heterocycles. The summed E-state index contributed by atoms with van der Waals surface area (Å²) in [5, 5.41) is 0. The molecule has 2 atom stereocenters. The molecular weight excluding hydrogens is 416 g/mol. The number of ether oxygens (including phenoxy) is 2. The minimum atomic E-state index is -0.920. The summed E-state index contributed by atoms with van der Waals surface area (Å²) in [6, 6.07) is 2.07. The van der Waals surface area contributed by atoms with Gasteiger partial charge in [0.15, 0.2) is 0 Å². The van der Waals surface area contributed by atoms with E-state index in [1.54, 1.807) is 32.9 Å². The van der Waals surface area contributed by atoms with Crippen molar-refractivity contribution < 1.29 is 23.9 Å². The molecule has 0 radical (unpaired) electrons. The lowest BCUT2D eigenvalue weighted by molar-refractivity contribution is -0.155. The predicted molar refractivity (Wildman–Crippen MR) is 103 cm³/mol. The zero-order valence-electron chi connectivity index (χ0n) is 16.2. The minimum absolute atomic E-state index is 0.0153. The maximum atomic E-state index is 12.9. The van der Waals surface area contributed by atoms with E-state index in [2.05, 4.69) is 15.9 Å². The second-order valence-electron chi connectivity index (χ2n) is 7.47. The van der Waals surface area contributed by atoms with Gasteiger partial charge in [-0.3, -0.25) is 14.4 Å². The Kier molecular flexibility index (Phi) is 6.19. The first kappa shape index (κ1) is 21.2. The Morgan fingerprint density at radius 1 is 1.33 bits per heavy atom. The van der Waals surface area contributed by atoms with Crippen LogP contribution in [0.4, 0.5) is 0 Å². The predicted octanol–water partition coefficient (Wildman–Crippen LogP) is 2.95. The molecule has 148 valence electrons. The number of methoxy groups -OCH3 is 1. The van der Waals surface area contributed by atoms with Gasteiger partial charge in [0.05, 0.1) is 17.6 Å². The van der Waals surface area contributed by atoms with Crippen LogP contribution in [0.1, 0.15) is 62.5 Å². The number of benzene rings is 1. The highest BCUT2D eigenvalue weighted by Crippen LogP contribution is 2.44. The normalized spacial score (nSPS) is 17.5. The molecule has 0 fully saturated rings. The summed E-state index contributed by atoms with van der Waals surface area (Å²) < 4.78 is 11.4. The highest BCUT2D eigenvalue weighted by molar-refractivity contribution is 9.10. The number of hydrogen-bond donors (Lipinski definition) is 1. The molecule has 1 aromatic rings. The molecule has 1 aliphatic heterocycles. The van der Waals surface area contributed by atoms with Crippen molar-refractivity contribution in [1.82, 2.24) is 4.90 Å². The highest BCUT2D eigenvalue weighted by Gasteiger charge is 2.42. The third-order valence-electron chi connectivity index (χ3n) is 4.36. The summed E-state index contributed by atoms with van der Waals surface area (Å²) in [4.78, 5) is 38.5. The monoisotopic (exact) mass is 440 g/mol. The molecule has 8 heteroatoms. The number of carbonyl (C=O) groups excluding carboxylic acids is 3. The van der Waals surface area contributed by atoms with Crippen molar-refractivity contribution in [1.29, 1.82) is 0 Å². The lowest BCUT2D eigenvalue weighted by Crippen LogP contribution is -2.46. The molecular formula is C19H25BrN2O5. The van der Waals surface area contributed by atoms with Crippen LogP contribution in [0, 0.1) is 0 Å². The van der Waals surface area contributed by atoms with Crippen molar-refractivity contribution in [3.8, 4) is 5.75 Å². The van der Waals surface area contributed by atoms with E-state index in [-0.39, 0.29) is 18.7 Å². The zero-order valence-corrected chi connectivity index (χ0v) is 17.8. The molecule has 1 aliphatic rings. The summed E-state index contributed by atoms with van der Waals surface area (Å²) in [5.41, 5.74) is 6.10. The fourth-order valence-electron chi connectivity index (χ4n) is 3.31. The van der Waals surface area contributed by atoms with Gasteiger partial charge in [0.2, 0.25) is 5.91 Å². The smallest absolute Gasteiger partial charge is 0.306 e. The number of primary amides is 1. The molecule has 2 amide bonds. The van der Waals surface area contributed by atoms with E-state index in [0.29, 0.717) is 16.9 Å². The van der Waals surface area contributed by atoms with Gasteiger partial charge in [0.25, 0.3) is 5.91 Å². The SMILES string of the molecule is COc1c(Br)ccc2c1C(C)N([C@@H](CCC(=O)OC(C)(C)C)C(N)=O)C2=O. The molecule has 1 heterocycles. The first-order valence-electron chi connectivity index (χ1n) is 8.68. The summed E-state index contributed by atoms with van der Waals surface area (Å²) in [6.45, 7) is 7.11. The van der Waals surface area contributed by atoms with E-state index in [4.69, 9.17) is 15.2 Å². The first-order valence-corrected chi connectivity index (χ1v) is 9.47. The second-order valence-corrected chi connectivity index (χ2v) is 8.33. The molecule has 0 saturated carbocycles. The van der Waals surface area contributed by atoms with Gasteiger partial charge in [-0.05, 0) is 62.2 Å². The van der Waals surface area contributed by atoms with Crippen molar-refractivity contribution >= 4 is 33.7 Å². The topological polar surface area (TPSA) is 98.9 Å². The quantitative estimate of drug-likeness (QED) is 0.685. The van der Waals surface area contributed by atoms with Gasteiger partial charge < -0.3 is 20.1 Å². The molecule has 27 heavy (non-hydrogen) atoms. The van der Waals surface area contributed by atoms with Crippen molar-refractivity contribution in [3.63, 3.8) is 0 Å². The first-order chi connectivity index (χ1) is 12.5. The Hall–Kier alpha value is -2.09. The average molecular weight is 441 g/mol. The Morgan fingerprint density at radius 2 is 1.96 bits per heavy atom. The van der Waals surface area contributed by atoms with E-state index in [0.717, 1.165) is 4.47 Å². The van der Waals surface area contributed by atoms with Crippen LogP contribution < -0.4 is 10.5 Å². The Morgan fingerprint density at radius 3 is 2.48 bits per heavy atom. The number of rotatable bonds is 6. The lowest BCUT2D eigenvalue weighted by Gasteiger charge is -2.30. The Bertz CT molecular complexity index is 772. The molecule has 0 bridgehead atoms. The average Bonchev–Trinajstić information content (AvgIpc) is 2.78. The maximum absolute atomic E-state index is 12.9. The van der Waals surface area contributed by atoms with E-state index in [9.17, 15) is 14.4 Å². The second kappa shape index (κ2) is 7.88. The summed E-state index contributed by atoms with van der Waals surface area (Å²) in [6.07, 6.45) is 0.0797. The number of halogens is 1. The number of nitrogens with two attached hydrogens (primary N) is 1. The van der Waals surface area contributed by atoms with Crippen LogP contribution >= 0.6 is 15.9 Å². The standard InChI is InChI=1S/C19H25BrN2O5/c1-10-15-11(6-7-12(20)16(15)26-5)18(25)22(10)13(17(21)24)8-9-14(23)27-19(2,3)4/h6-7,10,13H,8-9H2,1-5H3,(H2,21,24)/t10?,13-/m0/s1. The third kappa shape index (κ3) is 4.43. The molecule has 2 rings (SSSR count). The van der Waals surface area contributed by atoms with E-state index < -0.39 is 29.6 Å². The van der Waals surface area contributed by atoms with Gasteiger partial charge in [-0.1, -0.05) is 0 Å². The largest absolute Gasteiger partial charge is 0.495 e. The number of carbonyl (C=O) groups is 3. The van der Waals surface area contributed by atoms with Crippen molar-refractivity contribution in [2.24, 2.45) is 5.73 Å². The van der Waals surface area contributed by atoms with Gasteiger partial charge >= 0.3 is 5.97 Å². The van der Waals surface area contributed by atoms with Crippen molar-refractivity contribution in [2.75, 3.05) is 7.11 Å². The van der Waals surface area contributed by atoms with Crippen LogP contribution in [-0.4, -0.2) is 41.4 Å². The van der Waals surface area contributed by atoms with Crippen LogP contribution in [0.3, 0.4) is 0 Å². The van der Waals surface area contributed by atoms with Crippen LogP contribution in [0.5, 0.6) is 5.75 Å². The van der Waals surface area contributed by atoms with Gasteiger partial charge in [-0.15, -0.1) is 0 Å². The summed E-state index contributed by atoms with van der Waals surface area (Å²) >= 11 is 3.41. The minimum Gasteiger partial charge on any atom is -0.495 e. The van der Waals surface area contributed by atoms with Gasteiger partial charge in [0, 0.05) is 17.5 Å². The van der Waals surface area contributed by atoms with E-state index >= 15 is 0 Å².